The lowest BCUT2D eigenvalue weighted by Gasteiger charge is -1.88. The lowest BCUT2D eigenvalue weighted by atomic mass is 10.5. The van der Waals surface area contributed by atoms with Gasteiger partial charge in [-0.05, 0) is 23.6 Å². The van der Waals surface area contributed by atoms with Crippen LogP contribution in [0.3, 0.4) is 0 Å². The highest BCUT2D eigenvalue weighted by Gasteiger charge is 1.95. The van der Waals surface area contributed by atoms with Crippen molar-refractivity contribution in [2.45, 2.75) is 54.4 Å². The molecule has 6 N–H and O–H groups in total. The molecule has 0 fully saturated rings. The molecule has 0 aliphatic carbocycles. The van der Waals surface area contributed by atoms with Gasteiger partial charge in [0.1, 0.15) is 0 Å². The van der Waals surface area contributed by atoms with Gasteiger partial charge in [0.25, 0.3) is 0 Å². The Kier molecular flexibility index (Phi) is 25.0. The Labute approximate surface area is 147 Å². The highest BCUT2D eigenvalue weighted by molar-refractivity contribution is 8.06. The van der Waals surface area contributed by atoms with Crippen molar-refractivity contribution < 1.29 is 33.8 Å². The number of aryl methyl sites for hydroxylation is 2. The van der Waals surface area contributed by atoms with Crippen molar-refractivity contribution in [2.75, 3.05) is 0 Å². The topological polar surface area (TPSA) is 160 Å². The first kappa shape index (κ1) is 31.0. The average Bonchev–Trinajstić information content (AvgIpc) is 2.74. The van der Waals surface area contributed by atoms with E-state index in [1.165, 1.54) is 6.42 Å². The number of nitrogens with zero attached hydrogens (tertiary/aromatic N) is 2. The van der Waals surface area contributed by atoms with Gasteiger partial charge in [-0.15, -0.1) is 10.2 Å². The monoisotopic (exact) mass is 414 g/mol. The molecule has 0 aromatic carbocycles. The quantitative estimate of drug-likeness (QED) is 0.372. The third-order valence-electron chi connectivity index (χ3n) is 0.870. The molecule has 13 heteroatoms. The van der Waals surface area contributed by atoms with Crippen molar-refractivity contribution in [3.05, 3.63) is 11.8 Å². The van der Waals surface area contributed by atoms with E-state index in [4.69, 9.17) is 33.8 Å². The van der Waals surface area contributed by atoms with E-state index in [9.17, 15) is 0 Å². The minimum absolute atomic E-state index is 0.641. The molecule has 0 saturated carbocycles. The highest BCUT2D eigenvalue weighted by Crippen LogP contribution is 2.26. The molecule has 1 aromatic heterocycles. The fourth-order valence-electron chi connectivity index (χ4n) is 0.480. The maximum absolute atomic E-state index is 7.56. The van der Waals surface area contributed by atoms with Gasteiger partial charge in [-0.3, -0.25) is 0 Å². The Morgan fingerprint density at radius 2 is 1.13 bits per heavy atom. The van der Waals surface area contributed by atoms with Crippen LogP contribution >= 0.6 is 13.4 Å². The van der Waals surface area contributed by atoms with Crippen molar-refractivity contribution >= 4 is 37.1 Å². The van der Waals surface area contributed by atoms with Crippen LogP contribution < -0.4 is 0 Å². The molecular weight excluding hydrogens is 386 g/mol. The van der Waals surface area contributed by atoms with E-state index in [-0.39, 0.29) is 0 Å². The van der Waals surface area contributed by atoms with Crippen LogP contribution in [-0.2, 0) is 30.0 Å². The molecule has 0 radical (unpaired) electrons. The molecule has 0 atom stereocenters. The summed E-state index contributed by atoms with van der Waals surface area (Å²) in [7, 11) is 0. The molecule has 1 heterocycles. The molecular formula is C10H28N2O7P2S2. The Bertz CT molecular complexity index is 412. The van der Waals surface area contributed by atoms with Crippen LogP contribution in [0.2, 0.25) is 0 Å². The van der Waals surface area contributed by atoms with Gasteiger partial charge >= 0.3 is 13.4 Å². The number of rotatable bonds is 1. The van der Waals surface area contributed by atoms with Crippen LogP contribution in [0.1, 0.15) is 52.8 Å². The maximum atomic E-state index is 7.56. The van der Waals surface area contributed by atoms with Crippen molar-refractivity contribution in [3.63, 3.8) is 0 Å². The van der Waals surface area contributed by atoms with Gasteiger partial charge in [-0.2, -0.15) is 0 Å². The summed E-state index contributed by atoms with van der Waals surface area (Å²) in [4.78, 5) is 45.3. The fraction of sp³-hybridized carbons (Fsp3) is 0.800. The van der Waals surface area contributed by atoms with E-state index in [0.29, 0.717) is 11.8 Å². The molecule has 1 aromatic rings. The van der Waals surface area contributed by atoms with Gasteiger partial charge in [0.05, 0.1) is 0 Å². The molecule has 0 amide bonds. The van der Waals surface area contributed by atoms with Crippen LogP contribution in [0.15, 0.2) is 4.42 Å². The van der Waals surface area contributed by atoms with E-state index < -0.39 is 13.4 Å². The fourth-order valence-corrected chi connectivity index (χ4v) is 0.480. The number of aromatic nitrogens is 2. The van der Waals surface area contributed by atoms with E-state index in [2.05, 4.69) is 47.7 Å². The Morgan fingerprint density at radius 3 is 1.22 bits per heavy atom. The van der Waals surface area contributed by atoms with E-state index in [0.717, 1.165) is 6.42 Å². The van der Waals surface area contributed by atoms with Crippen LogP contribution in [0.5, 0.6) is 0 Å². The summed E-state index contributed by atoms with van der Waals surface area (Å²) in [6, 6.07) is 0. The lowest BCUT2D eigenvalue weighted by molar-refractivity contribution is 0.361. The van der Waals surface area contributed by atoms with Crippen molar-refractivity contribution in [1.29, 1.82) is 0 Å². The molecule has 142 valence electrons. The molecule has 0 bridgehead atoms. The van der Waals surface area contributed by atoms with Crippen molar-refractivity contribution in [1.82, 2.24) is 10.2 Å². The SMILES string of the molecule is CC.CCC.CCc1nnc(C)o1.OP(O)(O)=S.OP(O)(O)=S. The number of hydrogen-bond donors (Lipinski definition) is 6. The second-order valence-corrected chi connectivity index (χ2v) is 8.29. The van der Waals surface area contributed by atoms with Gasteiger partial charge in [0, 0.05) is 13.3 Å². The van der Waals surface area contributed by atoms with E-state index in [1.54, 1.807) is 6.92 Å². The molecule has 9 nitrogen and oxygen atoms in total. The van der Waals surface area contributed by atoms with Gasteiger partial charge in [0.15, 0.2) is 0 Å². The van der Waals surface area contributed by atoms with Gasteiger partial charge in [-0.25, -0.2) is 0 Å². The second kappa shape index (κ2) is 18.5. The zero-order chi connectivity index (χ0) is 19.7. The third kappa shape index (κ3) is 72.2. The second-order valence-electron chi connectivity index (χ2n) is 3.30. The standard InChI is InChI=1S/C5H8N2O.C3H8.C2H6.2H3O3PS/c1-3-5-7-6-4(2)8-5;1-3-2;1-2;2*1-4(2,3)5/h3H2,1-2H3;3H2,1-2H3;1-2H3;2*(H3,1,2,3,5). The zero-order valence-electron chi connectivity index (χ0n) is 14.1. The van der Waals surface area contributed by atoms with Crippen molar-refractivity contribution in [3.8, 4) is 0 Å². The summed E-state index contributed by atoms with van der Waals surface area (Å²) < 4.78 is 5.01. The van der Waals surface area contributed by atoms with Gasteiger partial charge < -0.3 is 33.8 Å². The van der Waals surface area contributed by atoms with E-state index >= 15 is 0 Å². The summed E-state index contributed by atoms with van der Waals surface area (Å²) in [5.41, 5.74) is 0. The smallest absolute Gasteiger partial charge is 0.319 e. The maximum Gasteiger partial charge on any atom is 0.319 e. The normalized spacial score (nSPS) is 9.57. The summed E-state index contributed by atoms with van der Waals surface area (Å²) in [5, 5.41) is 7.39. The van der Waals surface area contributed by atoms with Gasteiger partial charge in [-0.1, -0.05) is 41.0 Å². The van der Waals surface area contributed by atoms with Crippen LogP contribution in [0.25, 0.3) is 0 Å². The largest absolute Gasteiger partial charge is 0.426 e. The number of hydrogen-bond acceptors (Lipinski definition) is 5. The first-order valence-electron chi connectivity index (χ1n) is 6.60. The Hall–Kier alpha value is 0.200. The summed E-state index contributed by atoms with van der Waals surface area (Å²) in [6.45, 7) is 4.40. The molecule has 0 aliphatic rings. The molecule has 0 saturated heterocycles. The molecule has 0 aliphatic heterocycles. The molecule has 0 spiro atoms. The van der Waals surface area contributed by atoms with Crippen LogP contribution in [0.4, 0.5) is 0 Å². The predicted molar refractivity (Wildman–Crippen MR) is 97.6 cm³/mol. The minimum Gasteiger partial charge on any atom is -0.426 e. The molecule has 0 unspecified atom stereocenters. The van der Waals surface area contributed by atoms with Crippen LogP contribution in [0, 0.1) is 6.92 Å². The first-order valence-corrected chi connectivity index (χ1v) is 11.9. The van der Waals surface area contributed by atoms with Crippen LogP contribution in [-0.4, -0.2) is 39.6 Å². The third-order valence-corrected chi connectivity index (χ3v) is 0.870. The highest BCUT2D eigenvalue weighted by atomic mass is 32.5. The minimum atomic E-state index is -3.81. The lowest BCUT2D eigenvalue weighted by Crippen LogP contribution is -1.76. The van der Waals surface area contributed by atoms with Gasteiger partial charge in [0.2, 0.25) is 11.8 Å². The summed E-state index contributed by atoms with van der Waals surface area (Å²) in [5.74, 6) is 1.35. The predicted octanol–water partition coefficient (Wildman–Crippen LogP) is 1.76. The molecule has 1 rings (SSSR count). The Balaban J connectivity index is -0.000000107. The molecule has 23 heavy (non-hydrogen) atoms. The van der Waals surface area contributed by atoms with Crippen molar-refractivity contribution in [2.24, 2.45) is 0 Å². The Morgan fingerprint density at radius 1 is 0.870 bits per heavy atom. The zero-order valence-corrected chi connectivity index (χ0v) is 17.5. The van der Waals surface area contributed by atoms with E-state index in [1.807, 2.05) is 20.8 Å². The summed E-state index contributed by atoms with van der Waals surface area (Å²) in [6.07, 6.45) is 2.07. The average molecular weight is 414 g/mol. The first-order chi connectivity index (χ1) is 10.2. The summed E-state index contributed by atoms with van der Waals surface area (Å²) >= 11 is 7.21.